The molecule has 0 bridgehead atoms. The maximum Gasteiger partial charge on any atom is 0.527 e. The third-order valence-electron chi connectivity index (χ3n) is 4.86. The molecule has 0 aromatic heterocycles. The van der Waals surface area contributed by atoms with Crippen LogP contribution in [0, 0.1) is 0 Å². The molecular formula is C22H51NO13Si2. The largest absolute Gasteiger partial charge is 0.527 e. The van der Waals surface area contributed by atoms with E-state index in [2.05, 4.69) is 5.32 Å². The van der Waals surface area contributed by atoms with Gasteiger partial charge in [-0.15, -0.1) is 0 Å². The fraction of sp³-hybridized carbons (Fsp3) is 0.955. The lowest BCUT2D eigenvalue weighted by molar-refractivity contribution is -0.148. The molecule has 14 nitrogen and oxygen atoms in total. The number of carbonyl (C=O) groups is 1. The number of aliphatic hydroxyl groups excluding tert-OH is 6. The van der Waals surface area contributed by atoms with Crippen LogP contribution in [0.3, 0.4) is 0 Å². The quantitative estimate of drug-likeness (QED) is 0.0567. The van der Waals surface area contributed by atoms with Crippen LogP contribution in [-0.4, -0.2) is 138 Å². The van der Waals surface area contributed by atoms with E-state index in [1.54, 1.807) is 0 Å². The summed E-state index contributed by atoms with van der Waals surface area (Å²) < 4.78 is 33.0. The minimum Gasteiger partial charge on any atom is -0.394 e. The van der Waals surface area contributed by atoms with Gasteiger partial charge in [-0.05, 0) is 48.0 Å². The number of carbonyl (C=O) groups excluding carboxylic acids is 1. The monoisotopic (exact) mass is 593 g/mol. The number of hydrogen-bond donors (Lipinski definition) is 7. The molecule has 4 atom stereocenters. The Kier molecular flexibility index (Phi) is 24.1. The Hall–Kier alpha value is -0.576. The van der Waals surface area contributed by atoms with Gasteiger partial charge in [-0.2, -0.15) is 0 Å². The molecular weight excluding hydrogens is 542 g/mol. The first kappa shape index (κ1) is 39.6. The SMILES string of the molecule is CCO[Si](CCCNC(=O)[C@H](O)[C@@H](O)[C@H](O)[C@H](O)CO)(OCC)OCC.CCO[Si](CO)(OCC)OCC. The Morgan fingerprint density at radius 3 is 1.42 bits per heavy atom. The predicted octanol–water partition coefficient (Wildman–Crippen LogP) is -1.46. The van der Waals surface area contributed by atoms with Gasteiger partial charge in [0.1, 0.15) is 24.5 Å². The van der Waals surface area contributed by atoms with Crippen molar-refractivity contribution < 1.29 is 62.0 Å². The molecule has 0 radical (unpaired) electrons. The van der Waals surface area contributed by atoms with Crippen LogP contribution in [0.1, 0.15) is 48.0 Å². The van der Waals surface area contributed by atoms with E-state index in [0.29, 0.717) is 52.1 Å². The lowest BCUT2D eigenvalue weighted by atomic mass is 10.0. The molecule has 230 valence electrons. The van der Waals surface area contributed by atoms with E-state index in [9.17, 15) is 25.2 Å². The van der Waals surface area contributed by atoms with Gasteiger partial charge < -0.3 is 62.5 Å². The fourth-order valence-corrected chi connectivity index (χ4v) is 7.68. The number of aliphatic hydroxyl groups is 6. The Bertz CT molecular complexity index is 545. The molecule has 0 heterocycles. The van der Waals surface area contributed by atoms with Gasteiger partial charge in [0.25, 0.3) is 5.91 Å². The van der Waals surface area contributed by atoms with Crippen LogP contribution >= 0.6 is 0 Å². The minimum absolute atomic E-state index is 0.150. The molecule has 0 aliphatic heterocycles. The standard InChI is InChI=1S/C15H33NO9Si.C7H18O4Si/c1-4-23-26(24-5-2,25-6-3)9-7-8-16-15(22)14(21)13(20)12(19)11(18)10-17;1-4-9-12(7-8,10-5-2)11-6-3/h11-14,17-21H,4-10H2,1-3H3,(H,16,22);8H,4-7H2,1-3H3/t11-,12-,13+,14-;/m1./s1. The zero-order valence-electron chi connectivity index (χ0n) is 23.6. The van der Waals surface area contributed by atoms with Crippen molar-refractivity contribution >= 4 is 23.5 Å². The Balaban J connectivity index is 0. The molecule has 0 saturated heterocycles. The Labute approximate surface area is 228 Å². The molecule has 0 aromatic rings. The Morgan fingerprint density at radius 1 is 0.684 bits per heavy atom. The number of hydrogen-bond acceptors (Lipinski definition) is 13. The first-order chi connectivity index (χ1) is 18.0. The number of rotatable bonds is 22. The van der Waals surface area contributed by atoms with E-state index < -0.39 is 54.5 Å². The zero-order chi connectivity index (χ0) is 29.6. The van der Waals surface area contributed by atoms with Crippen LogP contribution in [0.5, 0.6) is 0 Å². The van der Waals surface area contributed by atoms with Crippen molar-refractivity contribution in [2.45, 2.75) is 78.4 Å². The van der Waals surface area contributed by atoms with Crippen LogP contribution in [-0.2, 0) is 31.4 Å². The normalized spacial score (nSPS) is 15.3. The summed E-state index contributed by atoms with van der Waals surface area (Å²) in [6, 6.07) is 0.466. The molecule has 0 aromatic carbocycles. The summed E-state index contributed by atoms with van der Waals surface area (Å²) >= 11 is 0. The maximum absolute atomic E-state index is 11.8. The van der Waals surface area contributed by atoms with Crippen LogP contribution in [0.25, 0.3) is 0 Å². The second-order valence-corrected chi connectivity index (χ2v) is 13.0. The minimum atomic E-state index is -2.82. The zero-order valence-corrected chi connectivity index (χ0v) is 25.6. The third-order valence-corrected chi connectivity index (χ3v) is 10.6. The summed E-state index contributed by atoms with van der Waals surface area (Å²) in [5.74, 6) is -0.904. The molecule has 0 saturated carbocycles. The molecule has 0 aliphatic rings. The van der Waals surface area contributed by atoms with Gasteiger partial charge in [0.05, 0.1) is 6.61 Å². The van der Waals surface area contributed by atoms with Crippen LogP contribution in [0.2, 0.25) is 6.04 Å². The smallest absolute Gasteiger partial charge is 0.394 e. The molecule has 0 spiro atoms. The summed E-state index contributed by atoms with van der Waals surface area (Å²) in [7, 11) is -5.53. The highest BCUT2D eigenvalue weighted by Gasteiger charge is 2.40. The molecule has 0 aliphatic carbocycles. The summed E-state index contributed by atoms with van der Waals surface area (Å²) in [6.07, 6.45) is -7.08. The van der Waals surface area contributed by atoms with Gasteiger partial charge in [-0.25, -0.2) is 0 Å². The maximum atomic E-state index is 11.8. The highest BCUT2D eigenvalue weighted by Crippen LogP contribution is 2.18. The van der Waals surface area contributed by atoms with Crippen LogP contribution in [0.15, 0.2) is 0 Å². The van der Waals surface area contributed by atoms with E-state index in [1.165, 1.54) is 0 Å². The number of nitrogens with one attached hydrogen (secondary N) is 1. The topological polar surface area (TPSA) is 206 Å². The summed E-state index contributed by atoms with van der Waals surface area (Å²) in [5.41, 5.74) is 0. The first-order valence-corrected chi connectivity index (χ1v) is 16.9. The summed E-state index contributed by atoms with van der Waals surface area (Å²) in [5, 5.41) is 58.4. The van der Waals surface area contributed by atoms with Gasteiger partial charge in [0.15, 0.2) is 6.10 Å². The molecule has 0 unspecified atom stereocenters. The van der Waals surface area contributed by atoms with Crippen molar-refractivity contribution in [1.82, 2.24) is 5.32 Å². The van der Waals surface area contributed by atoms with Crippen LogP contribution in [0.4, 0.5) is 0 Å². The van der Waals surface area contributed by atoms with Gasteiger partial charge in [-0.3, -0.25) is 4.79 Å². The van der Waals surface area contributed by atoms with Gasteiger partial charge in [0.2, 0.25) is 0 Å². The van der Waals surface area contributed by atoms with E-state index in [4.69, 9.17) is 36.8 Å². The second-order valence-electron chi connectivity index (χ2n) is 7.69. The van der Waals surface area contributed by atoms with Gasteiger partial charge in [-0.1, -0.05) is 0 Å². The van der Waals surface area contributed by atoms with E-state index >= 15 is 0 Å². The molecule has 1 amide bonds. The van der Waals surface area contributed by atoms with Crippen molar-refractivity contribution in [3.63, 3.8) is 0 Å². The third kappa shape index (κ3) is 15.3. The Morgan fingerprint density at radius 2 is 1.08 bits per heavy atom. The van der Waals surface area contributed by atoms with E-state index in [1.807, 2.05) is 41.5 Å². The molecule has 38 heavy (non-hydrogen) atoms. The van der Waals surface area contributed by atoms with Crippen molar-refractivity contribution in [3.05, 3.63) is 0 Å². The van der Waals surface area contributed by atoms with E-state index in [-0.39, 0.29) is 12.8 Å². The molecule has 0 rings (SSSR count). The van der Waals surface area contributed by atoms with Crippen molar-refractivity contribution in [1.29, 1.82) is 0 Å². The summed E-state index contributed by atoms with van der Waals surface area (Å²) in [4.78, 5) is 11.8. The summed E-state index contributed by atoms with van der Waals surface area (Å²) in [6.45, 7) is 13.3. The van der Waals surface area contributed by atoms with Crippen molar-refractivity contribution in [2.24, 2.45) is 0 Å². The number of amides is 1. The average molecular weight is 594 g/mol. The van der Waals surface area contributed by atoms with Crippen LogP contribution < -0.4 is 5.32 Å². The predicted molar refractivity (Wildman–Crippen MR) is 142 cm³/mol. The lowest BCUT2D eigenvalue weighted by Gasteiger charge is -2.28. The highest BCUT2D eigenvalue weighted by atomic mass is 28.4. The molecule has 16 heteroatoms. The second kappa shape index (κ2) is 23.2. The average Bonchev–Trinajstić information content (AvgIpc) is 2.90. The fourth-order valence-electron chi connectivity index (χ4n) is 3.22. The lowest BCUT2D eigenvalue weighted by Crippen LogP contribution is -2.52. The first-order valence-electron chi connectivity index (χ1n) is 13.1. The van der Waals surface area contributed by atoms with Crippen molar-refractivity contribution in [2.75, 3.05) is 59.0 Å². The van der Waals surface area contributed by atoms with Gasteiger partial charge >= 0.3 is 17.6 Å². The van der Waals surface area contributed by atoms with Gasteiger partial charge in [0, 0.05) is 52.2 Å². The van der Waals surface area contributed by atoms with E-state index in [0.717, 1.165) is 0 Å². The molecule has 7 N–H and O–H groups in total. The highest BCUT2D eigenvalue weighted by molar-refractivity contribution is 6.61. The molecule has 0 fully saturated rings. The van der Waals surface area contributed by atoms with Crippen molar-refractivity contribution in [3.8, 4) is 0 Å².